The minimum Gasteiger partial charge on any atom is -0.493 e. The molecule has 27 heavy (non-hydrogen) atoms. The van der Waals surface area contributed by atoms with Crippen LogP contribution in [0.15, 0.2) is 42.5 Å². The van der Waals surface area contributed by atoms with Crippen LogP contribution in [-0.2, 0) is 0 Å². The highest BCUT2D eigenvalue weighted by molar-refractivity contribution is 6.32. The van der Waals surface area contributed by atoms with Gasteiger partial charge in [0.15, 0.2) is 11.5 Å². The molecule has 6 heteroatoms. The summed E-state index contributed by atoms with van der Waals surface area (Å²) in [6.07, 6.45) is 3.76. The van der Waals surface area contributed by atoms with Crippen LogP contribution in [0.25, 0.3) is 6.08 Å². The van der Waals surface area contributed by atoms with E-state index in [1.165, 1.54) is 0 Å². The summed E-state index contributed by atoms with van der Waals surface area (Å²) in [7, 11) is 4.85. The van der Waals surface area contributed by atoms with E-state index >= 15 is 0 Å². The van der Waals surface area contributed by atoms with Crippen LogP contribution in [0.5, 0.6) is 17.2 Å². The van der Waals surface area contributed by atoms with Crippen LogP contribution in [-0.4, -0.2) is 45.2 Å². The topological polar surface area (TPSA) is 48.0 Å². The Kier molecular flexibility index (Phi) is 7.55. The number of carbonyl (C=O) groups is 1. The number of likely N-dealkylation sites (N-methyl/N-ethyl adjacent to an activating group) is 1. The first kappa shape index (κ1) is 20.6. The molecule has 2 rings (SSSR count). The number of allylic oxidation sites excluding steroid dienone is 1. The summed E-state index contributed by atoms with van der Waals surface area (Å²) in [5, 5.41) is 0.544. The van der Waals surface area contributed by atoms with Crippen molar-refractivity contribution >= 4 is 23.6 Å². The molecule has 0 heterocycles. The first-order chi connectivity index (χ1) is 13.0. The Balaban J connectivity index is 2.11. The van der Waals surface area contributed by atoms with Gasteiger partial charge >= 0.3 is 0 Å². The van der Waals surface area contributed by atoms with Crippen molar-refractivity contribution in [2.24, 2.45) is 0 Å². The number of nitrogens with zero attached hydrogens (tertiary/aromatic N) is 1. The highest BCUT2D eigenvalue weighted by Crippen LogP contribution is 2.34. The molecule has 2 aromatic carbocycles. The van der Waals surface area contributed by atoms with Crippen molar-refractivity contribution in [2.45, 2.75) is 6.92 Å². The molecule has 0 fully saturated rings. The number of amides is 1. The van der Waals surface area contributed by atoms with Crippen molar-refractivity contribution in [3.63, 3.8) is 0 Å². The second kappa shape index (κ2) is 9.88. The molecule has 0 N–H and O–H groups in total. The molecule has 0 aliphatic heterocycles. The van der Waals surface area contributed by atoms with E-state index in [0.29, 0.717) is 41.0 Å². The molecular weight excluding hydrogens is 366 g/mol. The van der Waals surface area contributed by atoms with Crippen LogP contribution in [0, 0.1) is 0 Å². The van der Waals surface area contributed by atoms with Gasteiger partial charge in [0.05, 0.1) is 25.8 Å². The fraction of sp³-hybridized carbons (Fsp3) is 0.286. The number of methoxy groups -OCH3 is 2. The number of benzene rings is 2. The van der Waals surface area contributed by atoms with Crippen LogP contribution in [0.3, 0.4) is 0 Å². The van der Waals surface area contributed by atoms with Crippen molar-refractivity contribution in [1.29, 1.82) is 0 Å². The van der Waals surface area contributed by atoms with Crippen LogP contribution in [0.1, 0.15) is 22.8 Å². The van der Waals surface area contributed by atoms with Crippen molar-refractivity contribution in [3.8, 4) is 17.2 Å². The molecule has 0 atom stereocenters. The fourth-order valence-corrected chi connectivity index (χ4v) is 2.79. The van der Waals surface area contributed by atoms with Gasteiger partial charge < -0.3 is 19.1 Å². The minimum absolute atomic E-state index is 0.135. The van der Waals surface area contributed by atoms with Crippen LogP contribution < -0.4 is 14.2 Å². The number of para-hydroxylation sites is 1. The highest BCUT2D eigenvalue weighted by atomic mass is 35.5. The van der Waals surface area contributed by atoms with E-state index in [1.807, 2.05) is 31.2 Å². The summed E-state index contributed by atoms with van der Waals surface area (Å²) >= 11 is 6.07. The van der Waals surface area contributed by atoms with Crippen molar-refractivity contribution < 1.29 is 19.0 Å². The zero-order valence-electron chi connectivity index (χ0n) is 16.0. The SMILES string of the molecule is C/C=C/c1cc(C(=O)N(C)CCOc2ccccc2Cl)cc(OC)c1OC. The number of hydrogen-bond acceptors (Lipinski definition) is 4. The summed E-state index contributed by atoms with van der Waals surface area (Å²) in [6.45, 7) is 2.65. The molecule has 0 bridgehead atoms. The molecule has 1 amide bonds. The van der Waals surface area contributed by atoms with E-state index < -0.39 is 0 Å². The molecule has 0 unspecified atom stereocenters. The van der Waals surface area contributed by atoms with E-state index in [0.717, 1.165) is 5.56 Å². The number of hydrogen-bond donors (Lipinski definition) is 0. The van der Waals surface area contributed by atoms with E-state index in [2.05, 4.69) is 0 Å². The van der Waals surface area contributed by atoms with Gasteiger partial charge in [-0.05, 0) is 31.2 Å². The summed E-state index contributed by atoms with van der Waals surface area (Å²) in [6, 6.07) is 10.7. The van der Waals surface area contributed by atoms with Gasteiger partial charge in [0.2, 0.25) is 0 Å². The lowest BCUT2D eigenvalue weighted by Gasteiger charge is -2.19. The number of rotatable bonds is 8. The van der Waals surface area contributed by atoms with Crippen molar-refractivity contribution in [2.75, 3.05) is 34.4 Å². The Morgan fingerprint density at radius 1 is 1.15 bits per heavy atom. The molecule has 0 radical (unpaired) electrons. The molecule has 0 aliphatic rings. The molecule has 144 valence electrons. The standard InChI is InChI=1S/C21H24ClNO4/c1-5-8-15-13-16(14-19(25-3)20(15)26-4)21(24)23(2)11-12-27-18-10-7-6-9-17(18)22/h5-10,13-14H,11-12H2,1-4H3/b8-5+. The van der Waals surface area contributed by atoms with Gasteiger partial charge in [-0.1, -0.05) is 35.9 Å². The second-order valence-corrected chi connectivity index (χ2v) is 6.21. The molecule has 0 saturated heterocycles. The van der Waals surface area contributed by atoms with E-state index in [1.54, 1.807) is 50.4 Å². The zero-order valence-corrected chi connectivity index (χ0v) is 16.7. The Hall–Kier alpha value is -2.66. The second-order valence-electron chi connectivity index (χ2n) is 5.81. The van der Waals surface area contributed by atoms with Gasteiger partial charge in [0, 0.05) is 18.2 Å². The fourth-order valence-electron chi connectivity index (χ4n) is 2.60. The first-order valence-electron chi connectivity index (χ1n) is 8.53. The quantitative estimate of drug-likeness (QED) is 0.665. The van der Waals surface area contributed by atoms with Crippen LogP contribution in [0.4, 0.5) is 0 Å². The summed E-state index contributed by atoms with van der Waals surface area (Å²) < 4.78 is 16.4. The van der Waals surface area contributed by atoms with Crippen LogP contribution in [0.2, 0.25) is 5.02 Å². The Labute approximate surface area is 165 Å². The van der Waals surface area contributed by atoms with Gasteiger partial charge in [0.1, 0.15) is 12.4 Å². The average molecular weight is 390 g/mol. The van der Waals surface area contributed by atoms with Gasteiger partial charge in [-0.15, -0.1) is 0 Å². The lowest BCUT2D eigenvalue weighted by atomic mass is 10.1. The number of halogens is 1. The van der Waals surface area contributed by atoms with Gasteiger partial charge in [-0.25, -0.2) is 0 Å². The Bertz CT molecular complexity index is 820. The van der Waals surface area contributed by atoms with Gasteiger partial charge in [0.25, 0.3) is 5.91 Å². The molecule has 5 nitrogen and oxygen atoms in total. The average Bonchev–Trinajstić information content (AvgIpc) is 2.68. The molecule has 2 aromatic rings. The Morgan fingerprint density at radius 3 is 2.52 bits per heavy atom. The number of carbonyl (C=O) groups excluding carboxylic acids is 1. The maximum absolute atomic E-state index is 12.8. The maximum atomic E-state index is 12.8. The largest absolute Gasteiger partial charge is 0.493 e. The maximum Gasteiger partial charge on any atom is 0.253 e. The van der Waals surface area contributed by atoms with E-state index in [9.17, 15) is 4.79 Å². The first-order valence-corrected chi connectivity index (χ1v) is 8.91. The number of ether oxygens (including phenoxy) is 3. The summed E-state index contributed by atoms with van der Waals surface area (Å²) in [5.74, 6) is 1.57. The predicted octanol–water partition coefficient (Wildman–Crippen LogP) is 4.54. The van der Waals surface area contributed by atoms with Crippen molar-refractivity contribution in [1.82, 2.24) is 4.90 Å². The molecule has 0 saturated carbocycles. The normalized spacial score (nSPS) is 10.7. The lowest BCUT2D eigenvalue weighted by Crippen LogP contribution is -2.31. The third-order valence-corrected chi connectivity index (χ3v) is 4.28. The predicted molar refractivity (Wildman–Crippen MR) is 108 cm³/mol. The lowest BCUT2D eigenvalue weighted by molar-refractivity contribution is 0.0773. The van der Waals surface area contributed by atoms with E-state index in [4.69, 9.17) is 25.8 Å². The molecule has 0 aliphatic carbocycles. The third kappa shape index (κ3) is 5.17. The monoisotopic (exact) mass is 389 g/mol. The van der Waals surface area contributed by atoms with Gasteiger partial charge in [-0.3, -0.25) is 4.79 Å². The summed E-state index contributed by atoms with van der Waals surface area (Å²) in [4.78, 5) is 14.4. The third-order valence-electron chi connectivity index (χ3n) is 3.97. The summed E-state index contributed by atoms with van der Waals surface area (Å²) in [5.41, 5.74) is 1.30. The smallest absolute Gasteiger partial charge is 0.253 e. The minimum atomic E-state index is -0.135. The van der Waals surface area contributed by atoms with Crippen LogP contribution >= 0.6 is 11.6 Å². The molecular formula is C21H24ClNO4. The van der Waals surface area contributed by atoms with Crippen molar-refractivity contribution in [3.05, 3.63) is 58.6 Å². The van der Waals surface area contributed by atoms with E-state index in [-0.39, 0.29) is 5.91 Å². The zero-order chi connectivity index (χ0) is 19.8. The van der Waals surface area contributed by atoms with Gasteiger partial charge in [-0.2, -0.15) is 0 Å². The Morgan fingerprint density at radius 2 is 1.89 bits per heavy atom. The highest BCUT2D eigenvalue weighted by Gasteiger charge is 2.18. The molecule has 0 aromatic heterocycles. The molecule has 0 spiro atoms.